The summed E-state index contributed by atoms with van der Waals surface area (Å²) in [5, 5.41) is 4.04. The van der Waals surface area contributed by atoms with Crippen LogP contribution < -0.4 is 10.6 Å². The predicted molar refractivity (Wildman–Crippen MR) is 116 cm³/mol. The van der Waals surface area contributed by atoms with E-state index in [-0.39, 0.29) is 5.41 Å². The molecule has 0 radical (unpaired) electrons. The van der Waals surface area contributed by atoms with Gasteiger partial charge in [-0.15, -0.1) is 0 Å². The first-order valence-electron chi connectivity index (χ1n) is 10.1. The summed E-state index contributed by atoms with van der Waals surface area (Å²) in [4.78, 5) is 4.38. The van der Waals surface area contributed by atoms with Gasteiger partial charge in [0.2, 0.25) is 0 Å². The van der Waals surface area contributed by atoms with Crippen molar-refractivity contribution in [2.24, 2.45) is 0 Å². The van der Waals surface area contributed by atoms with Gasteiger partial charge in [-0.3, -0.25) is 4.98 Å². The zero-order valence-electron chi connectivity index (χ0n) is 16.2. The Morgan fingerprint density at radius 3 is 2.61 bits per heavy atom. The van der Waals surface area contributed by atoms with Crippen LogP contribution in [0.1, 0.15) is 37.8 Å². The number of aromatic nitrogens is 2. The highest BCUT2D eigenvalue weighted by molar-refractivity contribution is 5.94. The molecule has 2 aromatic carbocycles. The minimum atomic E-state index is 0.0295. The number of hydrogen-bond acceptors (Lipinski definition) is 1. The molecule has 4 aromatic rings. The Morgan fingerprint density at radius 1 is 0.893 bits per heavy atom. The molecule has 0 fully saturated rings. The van der Waals surface area contributed by atoms with E-state index in [4.69, 9.17) is 0 Å². The molecule has 2 aliphatic carbocycles. The van der Waals surface area contributed by atoms with E-state index in [9.17, 15) is 0 Å². The highest BCUT2D eigenvalue weighted by Crippen LogP contribution is 2.49. The van der Waals surface area contributed by atoms with Crippen molar-refractivity contribution < 1.29 is 0 Å². The molecule has 2 heteroatoms. The van der Waals surface area contributed by atoms with Gasteiger partial charge in [0.1, 0.15) is 0 Å². The predicted octanol–water partition coefficient (Wildman–Crippen LogP) is 4.69. The van der Waals surface area contributed by atoms with E-state index in [1.807, 2.05) is 18.5 Å². The third-order valence-corrected chi connectivity index (χ3v) is 6.50. The molecule has 0 saturated heterocycles. The molecule has 2 nitrogen and oxygen atoms in total. The van der Waals surface area contributed by atoms with Crippen molar-refractivity contribution in [1.29, 1.82) is 0 Å². The van der Waals surface area contributed by atoms with Crippen molar-refractivity contribution in [2.75, 3.05) is 0 Å². The Labute approximate surface area is 164 Å². The van der Waals surface area contributed by atoms with Crippen LogP contribution in [0.3, 0.4) is 0 Å². The minimum Gasteiger partial charge on any atom is -0.308 e. The normalized spacial score (nSPS) is 16.1. The summed E-state index contributed by atoms with van der Waals surface area (Å²) in [6.45, 7) is 4.70. The molecule has 2 aromatic heterocycles. The lowest BCUT2D eigenvalue weighted by Crippen LogP contribution is -2.30. The first-order chi connectivity index (χ1) is 13.7. The Morgan fingerprint density at radius 2 is 1.75 bits per heavy atom. The molecule has 136 valence electrons. The maximum Gasteiger partial charge on any atom is 0.0645 e. The number of pyridine rings is 1. The van der Waals surface area contributed by atoms with Gasteiger partial charge in [-0.2, -0.15) is 0 Å². The van der Waals surface area contributed by atoms with E-state index < -0.39 is 0 Å². The average Bonchev–Trinajstić information content (AvgIpc) is 3.17. The number of rotatable bonds is 1. The summed E-state index contributed by atoms with van der Waals surface area (Å²) in [5.74, 6) is 0. The molecule has 2 aliphatic rings. The van der Waals surface area contributed by atoms with Gasteiger partial charge in [-0.1, -0.05) is 50.3 Å². The zero-order chi connectivity index (χ0) is 18.9. The fourth-order valence-electron chi connectivity index (χ4n) is 5.15. The number of benzene rings is 2. The van der Waals surface area contributed by atoms with Crippen molar-refractivity contribution in [3.05, 3.63) is 82.6 Å². The van der Waals surface area contributed by atoms with E-state index in [1.54, 1.807) is 0 Å². The van der Waals surface area contributed by atoms with E-state index in [0.29, 0.717) is 0 Å². The van der Waals surface area contributed by atoms with Gasteiger partial charge in [0.25, 0.3) is 0 Å². The molecule has 0 saturated carbocycles. The monoisotopic (exact) mass is 362 g/mol. The summed E-state index contributed by atoms with van der Waals surface area (Å²) >= 11 is 0. The fraction of sp³-hybridized carbons (Fsp3) is 0.192. The molecule has 28 heavy (non-hydrogen) atoms. The van der Waals surface area contributed by atoms with Crippen LogP contribution in [-0.2, 0) is 5.41 Å². The Bertz CT molecular complexity index is 1370. The maximum absolute atomic E-state index is 4.38. The summed E-state index contributed by atoms with van der Waals surface area (Å²) in [6, 6.07) is 17.9. The molecule has 0 unspecified atom stereocenters. The van der Waals surface area contributed by atoms with Crippen LogP contribution in [0.2, 0.25) is 0 Å². The van der Waals surface area contributed by atoms with Crippen molar-refractivity contribution in [1.82, 2.24) is 9.55 Å². The summed E-state index contributed by atoms with van der Waals surface area (Å²) in [5.41, 5.74) is 8.04. The topological polar surface area (TPSA) is 17.8 Å². The van der Waals surface area contributed by atoms with Gasteiger partial charge in [0.15, 0.2) is 0 Å². The second-order valence-electron chi connectivity index (χ2n) is 8.42. The van der Waals surface area contributed by atoms with Crippen LogP contribution in [0, 0.1) is 0 Å². The van der Waals surface area contributed by atoms with Crippen LogP contribution in [0.15, 0.2) is 60.9 Å². The molecule has 0 bridgehead atoms. The summed E-state index contributed by atoms with van der Waals surface area (Å²) < 4.78 is 2.39. The van der Waals surface area contributed by atoms with Crippen LogP contribution in [0.4, 0.5) is 0 Å². The van der Waals surface area contributed by atoms with Gasteiger partial charge in [0, 0.05) is 27.6 Å². The molecule has 0 N–H and O–H groups in total. The van der Waals surface area contributed by atoms with Crippen LogP contribution in [0.25, 0.3) is 39.9 Å². The van der Waals surface area contributed by atoms with Crippen molar-refractivity contribution in [3.8, 4) is 16.8 Å². The van der Waals surface area contributed by atoms with Gasteiger partial charge in [0.05, 0.1) is 17.4 Å². The summed E-state index contributed by atoms with van der Waals surface area (Å²) in [7, 11) is 0. The smallest absolute Gasteiger partial charge is 0.0645 e. The van der Waals surface area contributed by atoms with Gasteiger partial charge in [-0.05, 0) is 59.4 Å². The standard InChI is InChI=1S/C26H22N2/c1-26(2)22-11-5-3-9-18(22)20-15-25-21(14-23(20)26)19-10-4-6-12-24(19)28(25)17-8-7-13-27-16-17/h3,5,7-16H,4,6H2,1-2H3. The largest absolute Gasteiger partial charge is 0.308 e. The molecule has 0 aliphatic heterocycles. The molecule has 6 rings (SSSR count). The molecule has 0 atom stereocenters. The van der Waals surface area contributed by atoms with E-state index >= 15 is 0 Å². The first-order valence-corrected chi connectivity index (χ1v) is 10.1. The fourth-order valence-corrected chi connectivity index (χ4v) is 5.15. The Kier molecular flexibility index (Phi) is 3.09. The van der Waals surface area contributed by atoms with Gasteiger partial charge < -0.3 is 4.57 Å². The lowest BCUT2D eigenvalue weighted by atomic mass is 9.82. The first kappa shape index (κ1) is 15.9. The van der Waals surface area contributed by atoms with Crippen LogP contribution in [-0.4, -0.2) is 9.55 Å². The van der Waals surface area contributed by atoms with Crippen molar-refractivity contribution >= 4 is 23.1 Å². The van der Waals surface area contributed by atoms with Crippen LogP contribution in [0.5, 0.6) is 0 Å². The lowest BCUT2D eigenvalue weighted by molar-refractivity contribution is 0.661. The third-order valence-electron chi connectivity index (χ3n) is 6.50. The second-order valence-corrected chi connectivity index (χ2v) is 8.42. The van der Waals surface area contributed by atoms with E-state index in [0.717, 1.165) is 18.5 Å². The number of nitrogens with zero attached hydrogens (tertiary/aromatic N) is 2. The third kappa shape index (κ3) is 1.95. The lowest BCUT2D eigenvalue weighted by Gasteiger charge is -2.21. The maximum atomic E-state index is 4.38. The zero-order valence-corrected chi connectivity index (χ0v) is 16.2. The van der Waals surface area contributed by atoms with Crippen molar-refractivity contribution in [2.45, 2.75) is 32.1 Å². The molecule has 0 spiro atoms. The van der Waals surface area contributed by atoms with E-state index in [2.05, 4.69) is 78.0 Å². The van der Waals surface area contributed by atoms with Crippen molar-refractivity contribution in [3.63, 3.8) is 0 Å². The van der Waals surface area contributed by atoms with Gasteiger partial charge >= 0.3 is 0 Å². The highest BCUT2D eigenvalue weighted by atomic mass is 15.0. The SMILES string of the molecule is CC1(C)c2ccccc2-c2cc3c(cc21)c1c(n3-c2cccnc2)=CCCC=1. The summed E-state index contributed by atoms with van der Waals surface area (Å²) in [6.07, 6.45) is 10.8. The molecular weight excluding hydrogens is 340 g/mol. The Hall–Kier alpha value is -3.13. The second kappa shape index (κ2) is 5.45. The van der Waals surface area contributed by atoms with Crippen LogP contribution >= 0.6 is 0 Å². The number of hydrogen-bond donors (Lipinski definition) is 0. The average molecular weight is 362 g/mol. The highest BCUT2D eigenvalue weighted by Gasteiger charge is 2.35. The minimum absolute atomic E-state index is 0.0295. The molecular formula is C26H22N2. The molecule has 0 amide bonds. The molecule has 2 heterocycles. The number of fused-ring (bicyclic) bond motifs is 6. The quantitative estimate of drug-likeness (QED) is 0.480. The van der Waals surface area contributed by atoms with Gasteiger partial charge in [-0.25, -0.2) is 0 Å². The Balaban J connectivity index is 1.80. The van der Waals surface area contributed by atoms with E-state index in [1.165, 1.54) is 43.7 Å².